The zero-order valence-electron chi connectivity index (χ0n) is 14.2. The predicted octanol–water partition coefficient (Wildman–Crippen LogP) is 2.34. The Labute approximate surface area is 146 Å². The van der Waals surface area contributed by atoms with Crippen molar-refractivity contribution >= 4 is 11.9 Å². The van der Waals surface area contributed by atoms with Gasteiger partial charge in [0.15, 0.2) is 0 Å². The lowest BCUT2D eigenvalue weighted by Crippen LogP contribution is -2.30. The van der Waals surface area contributed by atoms with Gasteiger partial charge in [-0.05, 0) is 30.7 Å². The number of carbonyl (C=O) groups excluding carboxylic acids is 1. The van der Waals surface area contributed by atoms with E-state index < -0.39 is 11.9 Å². The van der Waals surface area contributed by atoms with E-state index in [9.17, 15) is 14.7 Å². The van der Waals surface area contributed by atoms with Gasteiger partial charge in [0.05, 0.1) is 18.6 Å². The monoisotopic (exact) mass is 340 g/mol. The molecule has 0 spiro atoms. The molecule has 6 nitrogen and oxygen atoms in total. The number of nitrogens with zero attached hydrogens (tertiary/aromatic N) is 2. The molecule has 1 fully saturated rings. The molecule has 1 aliphatic rings. The van der Waals surface area contributed by atoms with Crippen LogP contribution in [0.15, 0.2) is 42.6 Å². The number of benzene rings is 1. The summed E-state index contributed by atoms with van der Waals surface area (Å²) >= 11 is 0. The molecule has 130 valence electrons. The number of amides is 1. The minimum absolute atomic E-state index is 0.171. The molecule has 1 aromatic carbocycles. The molecule has 25 heavy (non-hydrogen) atoms. The number of carboxylic acid groups (broad SMARTS) is 1. The maximum absolute atomic E-state index is 12.7. The first kappa shape index (κ1) is 17.0. The molecule has 1 aliphatic heterocycles. The van der Waals surface area contributed by atoms with E-state index in [1.165, 1.54) is 6.20 Å². The van der Waals surface area contributed by atoms with Gasteiger partial charge in [0.25, 0.3) is 5.91 Å². The van der Waals surface area contributed by atoms with Crippen LogP contribution in [0.3, 0.4) is 0 Å². The van der Waals surface area contributed by atoms with Crippen LogP contribution < -0.4 is 4.74 Å². The largest absolute Gasteiger partial charge is 0.496 e. The number of carboxylic acids is 1. The van der Waals surface area contributed by atoms with Crippen LogP contribution in [0.1, 0.15) is 27.5 Å². The smallest absolute Gasteiger partial charge is 0.308 e. The highest BCUT2D eigenvalue weighted by atomic mass is 16.5. The van der Waals surface area contributed by atoms with E-state index in [1.807, 2.05) is 31.2 Å². The Kier molecular flexibility index (Phi) is 4.70. The lowest BCUT2D eigenvalue weighted by atomic mass is 9.88. The summed E-state index contributed by atoms with van der Waals surface area (Å²) in [6.45, 7) is 2.36. The van der Waals surface area contributed by atoms with Crippen molar-refractivity contribution in [1.82, 2.24) is 9.88 Å². The van der Waals surface area contributed by atoms with Crippen LogP contribution in [0.5, 0.6) is 5.75 Å². The second-order valence-corrected chi connectivity index (χ2v) is 6.19. The Hall–Kier alpha value is -2.89. The van der Waals surface area contributed by atoms with E-state index in [2.05, 4.69) is 4.98 Å². The molecule has 2 aromatic rings. The number of pyridine rings is 1. The fourth-order valence-corrected chi connectivity index (χ4v) is 3.28. The molecular formula is C19H20N2O4. The summed E-state index contributed by atoms with van der Waals surface area (Å²) in [5, 5.41) is 9.62. The molecule has 1 saturated heterocycles. The minimum Gasteiger partial charge on any atom is -0.496 e. The molecule has 1 amide bonds. The Bertz CT molecular complexity index is 788. The van der Waals surface area contributed by atoms with E-state index in [0.29, 0.717) is 17.9 Å². The van der Waals surface area contributed by atoms with E-state index in [1.54, 1.807) is 24.1 Å². The number of aromatic nitrogens is 1. The van der Waals surface area contributed by atoms with Gasteiger partial charge in [-0.2, -0.15) is 0 Å². The molecule has 6 heteroatoms. The highest BCUT2D eigenvalue weighted by molar-refractivity contribution is 5.94. The molecule has 0 unspecified atom stereocenters. The molecule has 2 heterocycles. The quantitative estimate of drug-likeness (QED) is 0.924. The number of hydrogen-bond acceptors (Lipinski definition) is 4. The van der Waals surface area contributed by atoms with Crippen molar-refractivity contribution in [1.29, 1.82) is 0 Å². The van der Waals surface area contributed by atoms with Gasteiger partial charge in [0.2, 0.25) is 0 Å². The average molecular weight is 340 g/mol. The highest BCUT2D eigenvalue weighted by Crippen LogP contribution is 2.38. The first-order valence-corrected chi connectivity index (χ1v) is 8.09. The van der Waals surface area contributed by atoms with Gasteiger partial charge >= 0.3 is 5.97 Å². The third-order valence-corrected chi connectivity index (χ3v) is 4.62. The van der Waals surface area contributed by atoms with Gasteiger partial charge in [-0.1, -0.05) is 18.2 Å². The topological polar surface area (TPSA) is 79.7 Å². The summed E-state index contributed by atoms with van der Waals surface area (Å²) in [5.41, 5.74) is 2.11. The summed E-state index contributed by atoms with van der Waals surface area (Å²) in [4.78, 5) is 30.2. The SMILES string of the molecule is COc1ccccc1[C@@H]1CN(C(=O)c2ccc(C)nc2)C[C@H]1C(=O)O. The van der Waals surface area contributed by atoms with Gasteiger partial charge in [-0.15, -0.1) is 0 Å². The van der Waals surface area contributed by atoms with Gasteiger partial charge < -0.3 is 14.7 Å². The number of rotatable bonds is 4. The second kappa shape index (κ2) is 6.93. The molecule has 1 aromatic heterocycles. The van der Waals surface area contributed by atoms with Crippen LogP contribution in [0.4, 0.5) is 0 Å². The number of para-hydroxylation sites is 1. The van der Waals surface area contributed by atoms with Gasteiger partial charge in [0.1, 0.15) is 5.75 Å². The van der Waals surface area contributed by atoms with Crippen molar-refractivity contribution in [3.8, 4) is 5.75 Å². The Morgan fingerprint density at radius 3 is 2.60 bits per heavy atom. The number of methoxy groups -OCH3 is 1. The summed E-state index contributed by atoms with van der Waals surface area (Å²) in [6.07, 6.45) is 1.53. The normalized spacial score (nSPS) is 19.7. The van der Waals surface area contributed by atoms with Crippen LogP contribution in [-0.2, 0) is 4.79 Å². The Balaban J connectivity index is 1.89. The second-order valence-electron chi connectivity index (χ2n) is 6.19. The van der Waals surface area contributed by atoms with Gasteiger partial charge in [0, 0.05) is 30.9 Å². The molecule has 1 N–H and O–H groups in total. The maximum Gasteiger partial charge on any atom is 0.308 e. The lowest BCUT2D eigenvalue weighted by Gasteiger charge is -2.18. The first-order chi connectivity index (χ1) is 12.0. The van der Waals surface area contributed by atoms with Crippen molar-refractivity contribution in [2.45, 2.75) is 12.8 Å². The van der Waals surface area contributed by atoms with Crippen molar-refractivity contribution in [3.05, 3.63) is 59.4 Å². The standard InChI is InChI=1S/C19H20N2O4/c1-12-7-8-13(9-20-12)18(22)21-10-15(16(11-21)19(23)24)14-5-3-4-6-17(14)25-2/h3-9,15-16H,10-11H2,1-2H3,(H,23,24)/t15-,16+/m0/s1. The molecule has 2 atom stereocenters. The number of aliphatic carboxylic acids is 1. The highest BCUT2D eigenvalue weighted by Gasteiger charge is 2.41. The van der Waals surface area contributed by atoms with E-state index in [4.69, 9.17) is 4.74 Å². The lowest BCUT2D eigenvalue weighted by molar-refractivity contribution is -0.141. The predicted molar refractivity (Wildman–Crippen MR) is 91.7 cm³/mol. The summed E-state index contributed by atoms with van der Waals surface area (Å²) in [6, 6.07) is 10.9. The summed E-state index contributed by atoms with van der Waals surface area (Å²) < 4.78 is 5.37. The van der Waals surface area contributed by atoms with Crippen molar-refractivity contribution in [2.24, 2.45) is 5.92 Å². The van der Waals surface area contributed by atoms with Gasteiger partial charge in [-0.25, -0.2) is 0 Å². The fraction of sp³-hybridized carbons (Fsp3) is 0.316. The van der Waals surface area contributed by atoms with Crippen molar-refractivity contribution in [2.75, 3.05) is 20.2 Å². The molecule has 0 radical (unpaired) electrons. The summed E-state index contributed by atoms with van der Waals surface area (Å²) in [5.74, 6) is -1.44. The van der Waals surface area contributed by atoms with Crippen molar-refractivity contribution < 1.29 is 19.4 Å². The number of ether oxygens (including phenoxy) is 1. The zero-order chi connectivity index (χ0) is 18.0. The number of aryl methyl sites for hydroxylation is 1. The van der Waals surface area contributed by atoms with Crippen LogP contribution in [0.25, 0.3) is 0 Å². The van der Waals surface area contributed by atoms with Crippen molar-refractivity contribution in [3.63, 3.8) is 0 Å². The Morgan fingerprint density at radius 1 is 1.20 bits per heavy atom. The summed E-state index contributed by atoms with van der Waals surface area (Å²) in [7, 11) is 1.56. The number of hydrogen-bond donors (Lipinski definition) is 1. The first-order valence-electron chi connectivity index (χ1n) is 8.09. The third kappa shape index (κ3) is 3.33. The van der Waals surface area contributed by atoms with Crippen LogP contribution in [-0.4, -0.2) is 47.1 Å². The van der Waals surface area contributed by atoms with Crippen LogP contribution in [0, 0.1) is 12.8 Å². The number of carbonyl (C=O) groups is 2. The molecule has 0 bridgehead atoms. The Morgan fingerprint density at radius 2 is 1.96 bits per heavy atom. The van der Waals surface area contributed by atoms with E-state index in [-0.39, 0.29) is 18.4 Å². The average Bonchev–Trinajstić information content (AvgIpc) is 3.07. The molecule has 0 aliphatic carbocycles. The molecular weight excluding hydrogens is 320 g/mol. The maximum atomic E-state index is 12.7. The van der Waals surface area contributed by atoms with Crippen LogP contribution >= 0.6 is 0 Å². The van der Waals surface area contributed by atoms with E-state index >= 15 is 0 Å². The molecule has 3 rings (SSSR count). The minimum atomic E-state index is -0.909. The van der Waals surface area contributed by atoms with Gasteiger partial charge in [-0.3, -0.25) is 14.6 Å². The zero-order valence-corrected chi connectivity index (χ0v) is 14.2. The van der Waals surface area contributed by atoms with Crippen LogP contribution in [0.2, 0.25) is 0 Å². The molecule has 0 saturated carbocycles. The van der Waals surface area contributed by atoms with E-state index in [0.717, 1.165) is 11.3 Å². The fourth-order valence-electron chi connectivity index (χ4n) is 3.28. The third-order valence-electron chi connectivity index (χ3n) is 4.62. The number of likely N-dealkylation sites (tertiary alicyclic amines) is 1.